The lowest BCUT2D eigenvalue weighted by Crippen LogP contribution is -2.47. The number of nitrogens with one attached hydrogen (secondary N) is 1. The molecule has 25 heavy (non-hydrogen) atoms. The summed E-state index contributed by atoms with van der Waals surface area (Å²) in [5, 5.41) is 8.86. The number of halogens is 2. The molecule has 1 unspecified atom stereocenters. The van der Waals surface area contributed by atoms with Crippen molar-refractivity contribution in [1.29, 1.82) is 0 Å². The van der Waals surface area contributed by atoms with Crippen LogP contribution in [0.15, 0.2) is 35.6 Å². The number of aliphatic imine (C=N–C) groups is 1. The van der Waals surface area contributed by atoms with Gasteiger partial charge in [0.05, 0.1) is 19.3 Å². The summed E-state index contributed by atoms with van der Waals surface area (Å²) in [6.45, 7) is 2.73. The van der Waals surface area contributed by atoms with E-state index in [9.17, 15) is 0 Å². The largest absolute Gasteiger partial charge is 0.370 e. The van der Waals surface area contributed by atoms with Crippen molar-refractivity contribution in [1.82, 2.24) is 20.0 Å². The van der Waals surface area contributed by atoms with Crippen LogP contribution in [0.1, 0.15) is 17.2 Å². The summed E-state index contributed by atoms with van der Waals surface area (Å²) in [5.74, 6) is 0.822. The summed E-state index contributed by atoms with van der Waals surface area (Å²) >= 11 is 12.2. The number of aromatic nitrogens is 2. The van der Waals surface area contributed by atoms with E-state index >= 15 is 0 Å². The van der Waals surface area contributed by atoms with Gasteiger partial charge in [0.15, 0.2) is 5.96 Å². The lowest BCUT2D eigenvalue weighted by Gasteiger charge is -2.34. The van der Waals surface area contributed by atoms with Gasteiger partial charge in [0.2, 0.25) is 0 Å². The second-order valence-corrected chi connectivity index (χ2v) is 6.73. The highest BCUT2D eigenvalue weighted by atomic mass is 35.5. The Hall–Kier alpha value is -1.76. The Morgan fingerprint density at radius 2 is 2.28 bits per heavy atom. The predicted molar refractivity (Wildman–Crippen MR) is 100 cm³/mol. The molecule has 0 amide bonds. The minimum absolute atomic E-state index is 0.0138. The van der Waals surface area contributed by atoms with Gasteiger partial charge in [-0.05, 0) is 17.7 Å². The molecular weight excluding hydrogens is 361 g/mol. The van der Waals surface area contributed by atoms with Crippen LogP contribution in [0.25, 0.3) is 0 Å². The molecule has 1 aromatic carbocycles. The molecule has 1 aliphatic rings. The molecule has 8 heteroatoms. The molecule has 1 aliphatic heterocycles. The topological polar surface area (TPSA) is 54.7 Å². The van der Waals surface area contributed by atoms with Crippen LogP contribution in [0, 0.1) is 0 Å². The summed E-state index contributed by atoms with van der Waals surface area (Å²) in [5.41, 5.74) is 2.05. The molecule has 3 rings (SSSR count). The van der Waals surface area contributed by atoms with Crippen molar-refractivity contribution < 1.29 is 4.74 Å². The highest BCUT2D eigenvalue weighted by Gasteiger charge is 2.25. The minimum atomic E-state index is -0.0138. The van der Waals surface area contributed by atoms with Gasteiger partial charge >= 0.3 is 0 Å². The maximum absolute atomic E-state index is 6.24. The number of hydrogen-bond acceptors (Lipinski definition) is 3. The van der Waals surface area contributed by atoms with Crippen LogP contribution in [-0.2, 0) is 18.3 Å². The molecule has 0 radical (unpaired) electrons. The molecule has 0 bridgehead atoms. The van der Waals surface area contributed by atoms with E-state index in [1.165, 1.54) is 0 Å². The molecule has 1 aromatic heterocycles. The van der Waals surface area contributed by atoms with Crippen molar-refractivity contribution in [2.75, 3.05) is 26.7 Å². The van der Waals surface area contributed by atoms with Crippen LogP contribution >= 0.6 is 23.2 Å². The fraction of sp³-hybridized carbons (Fsp3) is 0.412. The number of hydrogen-bond donors (Lipinski definition) is 1. The Bertz CT molecular complexity index is 761. The number of morpholine rings is 1. The number of nitrogens with zero attached hydrogens (tertiary/aromatic N) is 4. The molecule has 0 saturated carbocycles. The standard InChI is InChI=1S/C17H21Cl2N5O/c1-20-17(21-8-12-3-4-14(18)7-15(12)19)24-5-6-25-16(11-24)13-9-22-23(2)10-13/h3-4,7,9-10,16H,5-6,8,11H2,1-2H3,(H,20,21). The van der Waals surface area contributed by atoms with Crippen molar-refractivity contribution in [3.63, 3.8) is 0 Å². The zero-order chi connectivity index (χ0) is 17.8. The second kappa shape index (κ2) is 8.08. The highest BCUT2D eigenvalue weighted by Crippen LogP contribution is 2.23. The van der Waals surface area contributed by atoms with E-state index in [4.69, 9.17) is 27.9 Å². The Balaban J connectivity index is 1.64. The minimum Gasteiger partial charge on any atom is -0.370 e. The first kappa shape index (κ1) is 18.0. The van der Waals surface area contributed by atoms with E-state index in [1.54, 1.807) is 17.8 Å². The van der Waals surface area contributed by atoms with Gasteiger partial charge < -0.3 is 15.0 Å². The number of ether oxygens (including phenoxy) is 1. The van der Waals surface area contributed by atoms with E-state index in [1.807, 2.05) is 31.6 Å². The van der Waals surface area contributed by atoms with E-state index < -0.39 is 0 Å². The van der Waals surface area contributed by atoms with Gasteiger partial charge in [-0.1, -0.05) is 29.3 Å². The normalized spacial score (nSPS) is 18.5. The monoisotopic (exact) mass is 381 g/mol. The second-order valence-electron chi connectivity index (χ2n) is 5.89. The zero-order valence-corrected chi connectivity index (χ0v) is 15.8. The molecule has 0 aliphatic carbocycles. The van der Waals surface area contributed by atoms with E-state index in [-0.39, 0.29) is 6.10 Å². The molecule has 1 saturated heterocycles. The maximum Gasteiger partial charge on any atom is 0.194 e. The molecule has 2 heterocycles. The first-order valence-corrected chi connectivity index (χ1v) is 8.82. The molecule has 6 nitrogen and oxygen atoms in total. The van der Waals surface area contributed by atoms with Crippen molar-refractivity contribution >= 4 is 29.2 Å². The quantitative estimate of drug-likeness (QED) is 0.655. The third-order valence-corrected chi connectivity index (χ3v) is 4.71. The molecule has 0 spiro atoms. The Labute approximate surface area is 157 Å². The fourth-order valence-corrected chi connectivity index (χ4v) is 3.30. The number of aryl methyl sites for hydroxylation is 1. The van der Waals surface area contributed by atoms with Gasteiger partial charge in [0.25, 0.3) is 0 Å². The van der Waals surface area contributed by atoms with Gasteiger partial charge in [0, 0.05) is 49.0 Å². The third kappa shape index (κ3) is 4.45. The Morgan fingerprint density at radius 3 is 2.96 bits per heavy atom. The van der Waals surface area contributed by atoms with Gasteiger partial charge in [0.1, 0.15) is 6.10 Å². The lowest BCUT2D eigenvalue weighted by atomic mass is 10.1. The average Bonchev–Trinajstić information content (AvgIpc) is 3.04. The SMILES string of the molecule is CN=C(NCc1ccc(Cl)cc1Cl)N1CCOC(c2cnn(C)c2)C1. The molecule has 2 aromatic rings. The van der Waals surface area contributed by atoms with Crippen LogP contribution in [-0.4, -0.2) is 47.4 Å². The molecule has 1 N–H and O–H groups in total. The van der Waals surface area contributed by atoms with Crippen molar-refractivity contribution in [3.8, 4) is 0 Å². The predicted octanol–water partition coefficient (Wildman–Crippen LogP) is 2.88. The van der Waals surface area contributed by atoms with E-state index in [0.717, 1.165) is 30.2 Å². The van der Waals surface area contributed by atoms with Crippen molar-refractivity contribution in [2.24, 2.45) is 12.0 Å². The molecular formula is C17H21Cl2N5O. The summed E-state index contributed by atoms with van der Waals surface area (Å²) in [4.78, 5) is 6.58. The Morgan fingerprint density at radius 1 is 1.44 bits per heavy atom. The summed E-state index contributed by atoms with van der Waals surface area (Å²) < 4.78 is 7.67. The Kier molecular flexibility index (Phi) is 5.83. The third-order valence-electron chi connectivity index (χ3n) is 4.13. The number of benzene rings is 1. The highest BCUT2D eigenvalue weighted by molar-refractivity contribution is 6.35. The van der Waals surface area contributed by atoms with Crippen molar-refractivity contribution in [2.45, 2.75) is 12.6 Å². The van der Waals surface area contributed by atoms with Gasteiger partial charge in [-0.3, -0.25) is 9.67 Å². The maximum atomic E-state index is 6.24. The van der Waals surface area contributed by atoms with Crippen LogP contribution in [0.5, 0.6) is 0 Å². The molecule has 134 valence electrons. The van der Waals surface area contributed by atoms with Gasteiger partial charge in [-0.25, -0.2) is 0 Å². The first-order valence-electron chi connectivity index (χ1n) is 8.06. The first-order chi connectivity index (χ1) is 12.1. The van der Waals surface area contributed by atoms with Crippen LogP contribution in [0.2, 0.25) is 10.0 Å². The van der Waals surface area contributed by atoms with Gasteiger partial charge in [-0.2, -0.15) is 5.10 Å². The zero-order valence-electron chi connectivity index (χ0n) is 14.2. The summed E-state index contributed by atoms with van der Waals surface area (Å²) in [7, 11) is 3.68. The molecule has 1 fully saturated rings. The van der Waals surface area contributed by atoms with E-state index in [2.05, 4.69) is 20.3 Å². The van der Waals surface area contributed by atoms with Gasteiger partial charge in [-0.15, -0.1) is 0 Å². The van der Waals surface area contributed by atoms with Crippen molar-refractivity contribution in [3.05, 3.63) is 51.8 Å². The van der Waals surface area contributed by atoms with Crippen LogP contribution in [0.3, 0.4) is 0 Å². The average molecular weight is 382 g/mol. The lowest BCUT2D eigenvalue weighted by molar-refractivity contribution is -0.00805. The number of rotatable bonds is 3. The van der Waals surface area contributed by atoms with Crippen LogP contribution < -0.4 is 5.32 Å². The fourth-order valence-electron chi connectivity index (χ4n) is 2.82. The summed E-state index contributed by atoms with van der Waals surface area (Å²) in [6.07, 6.45) is 3.82. The summed E-state index contributed by atoms with van der Waals surface area (Å²) in [6, 6.07) is 5.50. The number of guanidine groups is 1. The molecule has 1 atom stereocenters. The smallest absolute Gasteiger partial charge is 0.194 e. The van der Waals surface area contributed by atoms with Crippen LogP contribution in [0.4, 0.5) is 0 Å². The van der Waals surface area contributed by atoms with E-state index in [0.29, 0.717) is 23.2 Å².